The van der Waals surface area contributed by atoms with E-state index in [1.807, 2.05) is 24.4 Å². The van der Waals surface area contributed by atoms with E-state index in [9.17, 15) is 0 Å². The predicted octanol–water partition coefficient (Wildman–Crippen LogP) is 3.09. The van der Waals surface area contributed by atoms with Crippen LogP contribution in [0.1, 0.15) is 6.42 Å². The fourth-order valence-electron chi connectivity index (χ4n) is 1.34. The van der Waals surface area contributed by atoms with E-state index >= 15 is 0 Å². The number of ether oxygens (including phenoxy) is 1. The van der Waals surface area contributed by atoms with Crippen molar-refractivity contribution in [1.82, 2.24) is 4.98 Å². The lowest BCUT2D eigenvalue weighted by molar-refractivity contribution is 0.281. The highest BCUT2D eigenvalue weighted by Gasteiger charge is 1.86. The van der Waals surface area contributed by atoms with Gasteiger partial charge in [0.1, 0.15) is 0 Å². The van der Waals surface area contributed by atoms with Crippen LogP contribution in [0, 0.1) is 0 Å². The van der Waals surface area contributed by atoms with Crippen LogP contribution in [0.3, 0.4) is 0 Å². The van der Waals surface area contributed by atoms with Gasteiger partial charge in [-0.2, -0.15) is 0 Å². The van der Waals surface area contributed by atoms with Gasteiger partial charge in [0.2, 0.25) is 0 Å². The summed E-state index contributed by atoms with van der Waals surface area (Å²) >= 11 is 0. The summed E-state index contributed by atoms with van der Waals surface area (Å²) in [6.45, 7) is 0.889. The van der Waals surface area contributed by atoms with Crippen LogP contribution in [0.15, 0.2) is 48.9 Å². The van der Waals surface area contributed by atoms with Crippen LogP contribution in [-0.4, -0.2) is 11.6 Å². The highest BCUT2D eigenvalue weighted by molar-refractivity contribution is 5.78. The first-order valence-corrected chi connectivity index (χ1v) is 4.75. The fourth-order valence-corrected chi connectivity index (χ4v) is 1.34. The Labute approximate surface area is 83.2 Å². The smallest absolute Gasteiger partial charge is 0.0908 e. The van der Waals surface area contributed by atoms with Crippen molar-refractivity contribution in [1.29, 1.82) is 0 Å². The molecule has 0 aliphatic carbocycles. The number of rotatable bonds is 0. The van der Waals surface area contributed by atoms with Crippen molar-refractivity contribution >= 4 is 10.9 Å². The minimum Gasteiger partial charge on any atom is -0.501 e. The van der Waals surface area contributed by atoms with Gasteiger partial charge in [0.15, 0.2) is 0 Å². The van der Waals surface area contributed by atoms with Gasteiger partial charge >= 0.3 is 0 Å². The Morgan fingerprint density at radius 1 is 1.14 bits per heavy atom. The first-order valence-electron chi connectivity index (χ1n) is 4.75. The molecule has 0 saturated carbocycles. The molecule has 0 atom stereocenters. The Bertz CT molecular complexity index is 381. The molecule has 0 radical (unpaired) electrons. The molecule has 1 aromatic heterocycles. The average Bonchev–Trinajstić information content (AvgIpc) is 2.92. The van der Waals surface area contributed by atoms with Gasteiger partial charge in [-0.3, -0.25) is 0 Å². The molecule has 2 nitrogen and oxygen atoms in total. The van der Waals surface area contributed by atoms with Gasteiger partial charge in [-0.05, 0) is 23.6 Å². The Kier molecular flexibility index (Phi) is 2.86. The molecular formula is C12H13NO. The molecule has 0 saturated heterocycles. The van der Waals surface area contributed by atoms with Gasteiger partial charge in [-0.15, -0.1) is 0 Å². The largest absolute Gasteiger partial charge is 0.501 e. The average molecular weight is 187 g/mol. The lowest BCUT2D eigenvalue weighted by atomic mass is 10.3. The fraction of sp³-hybridized carbons (Fsp3) is 0.167. The van der Waals surface area contributed by atoms with E-state index in [0.29, 0.717) is 0 Å². The molecule has 14 heavy (non-hydrogen) atoms. The lowest BCUT2D eigenvalue weighted by Gasteiger charge is -1.83. The van der Waals surface area contributed by atoms with Crippen LogP contribution < -0.4 is 0 Å². The summed E-state index contributed by atoms with van der Waals surface area (Å²) in [6.07, 6.45) is 6.80. The summed E-state index contributed by atoms with van der Waals surface area (Å²) in [5.74, 6) is 0. The highest BCUT2D eigenvalue weighted by Crippen LogP contribution is 2.09. The van der Waals surface area contributed by atoms with Crippen molar-refractivity contribution in [2.24, 2.45) is 0 Å². The van der Waals surface area contributed by atoms with E-state index in [2.05, 4.69) is 23.2 Å². The third kappa shape index (κ3) is 2.16. The Morgan fingerprint density at radius 3 is 2.71 bits per heavy atom. The normalized spacial score (nSPS) is 13.4. The van der Waals surface area contributed by atoms with Crippen molar-refractivity contribution < 1.29 is 4.74 Å². The van der Waals surface area contributed by atoms with Crippen molar-refractivity contribution in [3.8, 4) is 0 Å². The van der Waals surface area contributed by atoms with Crippen LogP contribution in [0.5, 0.6) is 0 Å². The lowest BCUT2D eigenvalue weighted by Crippen LogP contribution is -1.70. The van der Waals surface area contributed by atoms with Gasteiger partial charge in [0.25, 0.3) is 0 Å². The minimum atomic E-state index is 0.889. The molecule has 0 amide bonds. The highest BCUT2D eigenvalue weighted by atomic mass is 16.5. The molecule has 0 unspecified atom stereocenters. The van der Waals surface area contributed by atoms with Crippen molar-refractivity contribution in [3.63, 3.8) is 0 Å². The second-order valence-electron chi connectivity index (χ2n) is 3.10. The quantitative estimate of drug-likeness (QED) is 0.673. The van der Waals surface area contributed by atoms with E-state index in [1.54, 1.807) is 6.26 Å². The molecular weight excluding hydrogens is 174 g/mol. The van der Waals surface area contributed by atoms with Gasteiger partial charge < -0.3 is 9.72 Å². The van der Waals surface area contributed by atoms with Gasteiger partial charge in [-0.25, -0.2) is 0 Å². The van der Waals surface area contributed by atoms with Crippen LogP contribution in [0.2, 0.25) is 0 Å². The molecule has 72 valence electrons. The maximum atomic E-state index is 4.76. The topological polar surface area (TPSA) is 25.0 Å². The van der Waals surface area contributed by atoms with E-state index in [1.165, 1.54) is 10.9 Å². The van der Waals surface area contributed by atoms with E-state index in [4.69, 9.17) is 4.74 Å². The summed E-state index contributed by atoms with van der Waals surface area (Å²) in [4.78, 5) is 3.12. The van der Waals surface area contributed by atoms with Crippen molar-refractivity contribution in [2.75, 3.05) is 6.61 Å². The number of para-hydroxylation sites is 1. The number of aromatic nitrogens is 1. The summed E-state index contributed by atoms with van der Waals surface area (Å²) in [6, 6.07) is 10.3. The molecule has 3 rings (SSSR count). The van der Waals surface area contributed by atoms with Crippen LogP contribution >= 0.6 is 0 Å². The predicted molar refractivity (Wildman–Crippen MR) is 58.0 cm³/mol. The number of H-pyrrole nitrogens is 1. The third-order valence-electron chi connectivity index (χ3n) is 2.06. The molecule has 0 fully saturated rings. The van der Waals surface area contributed by atoms with Gasteiger partial charge in [0.05, 0.1) is 12.9 Å². The number of fused-ring (bicyclic) bond motifs is 1. The standard InChI is InChI=1S/C8H7N.C4H6O/c1-2-4-8-7(3-1)5-6-9-8;1-2-4-5-3-1/h1-6,9H;1,3H,2,4H2. The molecule has 0 bridgehead atoms. The summed E-state index contributed by atoms with van der Waals surface area (Å²) in [5.41, 5.74) is 1.21. The Morgan fingerprint density at radius 2 is 2.07 bits per heavy atom. The van der Waals surface area contributed by atoms with Crippen LogP contribution in [0.25, 0.3) is 10.9 Å². The minimum absolute atomic E-state index is 0.889. The molecule has 2 heterocycles. The van der Waals surface area contributed by atoms with E-state index < -0.39 is 0 Å². The summed E-state index contributed by atoms with van der Waals surface area (Å²) < 4.78 is 4.76. The third-order valence-corrected chi connectivity index (χ3v) is 2.06. The van der Waals surface area contributed by atoms with Gasteiger partial charge in [0, 0.05) is 18.1 Å². The molecule has 1 N–H and O–H groups in total. The maximum absolute atomic E-state index is 4.76. The number of hydrogen-bond acceptors (Lipinski definition) is 1. The maximum Gasteiger partial charge on any atom is 0.0908 e. The first-order chi connectivity index (χ1) is 6.97. The first kappa shape index (κ1) is 8.88. The monoisotopic (exact) mass is 187 g/mol. The molecule has 0 spiro atoms. The van der Waals surface area contributed by atoms with Crippen molar-refractivity contribution in [2.45, 2.75) is 6.42 Å². The van der Waals surface area contributed by atoms with E-state index in [-0.39, 0.29) is 0 Å². The number of hydrogen-bond donors (Lipinski definition) is 1. The molecule has 1 aromatic carbocycles. The number of nitrogens with one attached hydrogen (secondary N) is 1. The van der Waals surface area contributed by atoms with Crippen molar-refractivity contribution in [3.05, 3.63) is 48.9 Å². The molecule has 2 aromatic rings. The zero-order valence-corrected chi connectivity index (χ0v) is 7.94. The number of benzene rings is 1. The Hall–Kier alpha value is -1.70. The molecule has 1 aliphatic heterocycles. The zero-order valence-electron chi connectivity index (χ0n) is 7.94. The second kappa shape index (κ2) is 4.51. The zero-order chi connectivity index (χ0) is 9.64. The second-order valence-corrected chi connectivity index (χ2v) is 3.10. The van der Waals surface area contributed by atoms with Crippen LogP contribution in [-0.2, 0) is 4.74 Å². The summed E-state index contributed by atoms with van der Waals surface area (Å²) in [5, 5.41) is 1.28. The number of aromatic amines is 1. The summed E-state index contributed by atoms with van der Waals surface area (Å²) in [7, 11) is 0. The Balaban J connectivity index is 0.000000128. The SMILES string of the molecule is C1=COCC1.c1ccc2[nH]ccc2c1. The van der Waals surface area contributed by atoms with E-state index in [0.717, 1.165) is 13.0 Å². The molecule has 1 aliphatic rings. The molecule has 2 heteroatoms. The van der Waals surface area contributed by atoms with Gasteiger partial charge in [-0.1, -0.05) is 18.2 Å². The van der Waals surface area contributed by atoms with Crippen LogP contribution in [0.4, 0.5) is 0 Å².